The van der Waals surface area contributed by atoms with Crippen molar-refractivity contribution in [2.75, 3.05) is 20.1 Å². The van der Waals surface area contributed by atoms with Gasteiger partial charge in [-0.2, -0.15) is 0 Å². The van der Waals surface area contributed by atoms with Crippen molar-refractivity contribution in [3.63, 3.8) is 0 Å². The molecule has 8 heteroatoms. The SMILES string of the molecule is C=CCCCN(C)C(=NCc1ccc(S(N)(=O)=O)cc1)NCC.I. The van der Waals surface area contributed by atoms with E-state index in [0.717, 1.165) is 37.5 Å². The third-order valence-electron chi connectivity index (χ3n) is 3.26. The second-order valence-electron chi connectivity index (χ2n) is 5.21. The first-order valence-corrected chi connectivity index (χ1v) is 9.15. The molecule has 1 aromatic carbocycles. The highest BCUT2D eigenvalue weighted by Crippen LogP contribution is 2.09. The van der Waals surface area contributed by atoms with Crippen LogP contribution in [0.4, 0.5) is 0 Å². The van der Waals surface area contributed by atoms with Gasteiger partial charge in [-0.05, 0) is 37.5 Å². The second-order valence-corrected chi connectivity index (χ2v) is 6.77. The van der Waals surface area contributed by atoms with Crippen molar-refractivity contribution >= 4 is 40.0 Å². The number of nitrogens with one attached hydrogen (secondary N) is 1. The molecule has 0 bridgehead atoms. The van der Waals surface area contributed by atoms with Crippen LogP contribution in [-0.2, 0) is 16.6 Å². The van der Waals surface area contributed by atoms with E-state index in [1.54, 1.807) is 12.1 Å². The zero-order chi connectivity index (χ0) is 17.3. The first-order chi connectivity index (χ1) is 10.9. The standard InChI is InChI=1S/C16H26N4O2S.HI/c1-4-6-7-12-20(3)16(18-5-2)19-13-14-8-10-15(11-9-14)23(17,21)22;/h4,8-11H,1,5-7,12-13H2,2-3H3,(H,18,19)(H2,17,21,22);1H. The first-order valence-electron chi connectivity index (χ1n) is 7.60. The minimum absolute atomic E-state index is 0. The molecule has 0 saturated heterocycles. The molecule has 136 valence electrons. The number of unbranched alkanes of at least 4 members (excludes halogenated alkanes) is 1. The molecule has 0 fully saturated rings. The van der Waals surface area contributed by atoms with Crippen molar-refractivity contribution < 1.29 is 8.42 Å². The minimum atomic E-state index is -3.65. The van der Waals surface area contributed by atoms with Crippen LogP contribution in [0.2, 0.25) is 0 Å². The van der Waals surface area contributed by atoms with E-state index in [9.17, 15) is 8.42 Å². The predicted molar refractivity (Wildman–Crippen MR) is 110 cm³/mol. The summed E-state index contributed by atoms with van der Waals surface area (Å²) in [6.45, 7) is 7.89. The molecule has 0 radical (unpaired) electrons. The average Bonchev–Trinajstić information content (AvgIpc) is 2.51. The van der Waals surface area contributed by atoms with Crippen molar-refractivity contribution in [2.24, 2.45) is 10.1 Å². The lowest BCUT2D eigenvalue weighted by Crippen LogP contribution is -2.39. The summed E-state index contributed by atoms with van der Waals surface area (Å²) in [5.41, 5.74) is 0.923. The van der Waals surface area contributed by atoms with E-state index >= 15 is 0 Å². The molecule has 6 nitrogen and oxygen atoms in total. The fraction of sp³-hybridized carbons (Fsp3) is 0.438. The maximum Gasteiger partial charge on any atom is 0.238 e. The van der Waals surface area contributed by atoms with Gasteiger partial charge >= 0.3 is 0 Å². The molecule has 0 amide bonds. The van der Waals surface area contributed by atoms with E-state index in [1.807, 2.05) is 20.0 Å². The van der Waals surface area contributed by atoms with Crippen LogP contribution < -0.4 is 10.5 Å². The summed E-state index contributed by atoms with van der Waals surface area (Å²) in [6.07, 6.45) is 3.90. The van der Waals surface area contributed by atoms with Crippen molar-refractivity contribution in [1.29, 1.82) is 0 Å². The summed E-state index contributed by atoms with van der Waals surface area (Å²) < 4.78 is 22.5. The van der Waals surface area contributed by atoms with E-state index in [1.165, 1.54) is 12.1 Å². The third kappa shape index (κ3) is 8.11. The Kier molecular flexibility index (Phi) is 10.9. The van der Waals surface area contributed by atoms with E-state index < -0.39 is 10.0 Å². The van der Waals surface area contributed by atoms with Crippen LogP contribution in [0, 0.1) is 0 Å². The lowest BCUT2D eigenvalue weighted by atomic mass is 10.2. The number of sulfonamides is 1. The number of allylic oxidation sites excluding steroid dienone is 1. The van der Waals surface area contributed by atoms with Gasteiger partial charge in [0.1, 0.15) is 0 Å². The second kappa shape index (κ2) is 11.4. The topological polar surface area (TPSA) is 87.8 Å². The lowest BCUT2D eigenvalue weighted by Gasteiger charge is -2.21. The monoisotopic (exact) mass is 466 g/mol. The Morgan fingerprint density at radius 1 is 1.38 bits per heavy atom. The maximum absolute atomic E-state index is 11.2. The summed E-state index contributed by atoms with van der Waals surface area (Å²) in [5.74, 6) is 0.826. The Bertz CT molecular complexity index is 630. The fourth-order valence-corrected chi connectivity index (χ4v) is 2.51. The molecule has 1 rings (SSSR count). The minimum Gasteiger partial charge on any atom is -0.357 e. The van der Waals surface area contributed by atoms with Crippen LogP contribution in [0.15, 0.2) is 46.8 Å². The zero-order valence-corrected chi connectivity index (χ0v) is 17.4. The molecule has 0 unspecified atom stereocenters. The number of hydrogen-bond acceptors (Lipinski definition) is 3. The molecule has 0 atom stereocenters. The number of hydrogen-bond donors (Lipinski definition) is 2. The van der Waals surface area contributed by atoms with E-state index in [-0.39, 0.29) is 28.9 Å². The lowest BCUT2D eigenvalue weighted by molar-refractivity contribution is 0.470. The molecule has 0 aliphatic heterocycles. The molecule has 0 saturated carbocycles. The van der Waals surface area contributed by atoms with E-state index in [0.29, 0.717) is 6.54 Å². The molecule has 0 aromatic heterocycles. The Balaban J connectivity index is 0.00000529. The van der Waals surface area contributed by atoms with Crippen LogP contribution in [0.3, 0.4) is 0 Å². The first kappa shape index (κ1) is 22.9. The Morgan fingerprint density at radius 2 is 2.00 bits per heavy atom. The van der Waals surface area contributed by atoms with Crippen molar-refractivity contribution in [2.45, 2.75) is 31.2 Å². The molecular formula is C16H27IN4O2S. The summed E-state index contributed by atoms with van der Waals surface area (Å²) in [4.78, 5) is 6.76. The van der Waals surface area contributed by atoms with Crippen LogP contribution in [-0.4, -0.2) is 39.4 Å². The van der Waals surface area contributed by atoms with Gasteiger partial charge in [-0.15, -0.1) is 30.6 Å². The molecule has 0 aliphatic rings. The highest BCUT2D eigenvalue weighted by Gasteiger charge is 2.07. The van der Waals surface area contributed by atoms with E-state index in [2.05, 4.69) is 21.8 Å². The zero-order valence-electron chi connectivity index (χ0n) is 14.2. The third-order valence-corrected chi connectivity index (χ3v) is 4.19. The van der Waals surface area contributed by atoms with Gasteiger partial charge in [0.25, 0.3) is 0 Å². The summed E-state index contributed by atoms with van der Waals surface area (Å²) in [7, 11) is -1.66. The van der Waals surface area contributed by atoms with Crippen LogP contribution in [0.25, 0.3) is 0 Å². The highest BCUT2D eigenvalue weighted by atomic mass is 127. The Hall–Kier alpha value is -1.13. The largest absolute Gasteiger partial charge is 0.357 e. The summed E-state index contributed by atoms with van der Waals surface area (Å²) >= 11 is 0. The average molecular weight is 466 g/mol. The van der Waals surface area contributed by atoms with Crippen molar-refractivity contribution in [3.8, 4) is 0 Å². The van der Waals surface area contributed by atoms with Gasteiger partial charge in [-0.1, -0.05) is 18.2 Å². The normalized spacial score (nSPS) is 11.5. The van der Waals surface area contributed by atoms with Crippen LogP contribution in [0.5, 0.6) is 0 Å². The smallest absolute Gasteiger partial charge is 0.238 e. The molecule has 0 spiro atoms. The van der Waals surface area contributed by atoms with Gasteiger partial charge in [0.05, 0.1) is 11.4 Å². The Labute approximate surface area is 162 Å². The van der Waals surface area contributed by atoms with Crippen LogP contribution in [0.1, 0.15) is 25.3 Å². The van der Waals surface area contributed by atoms with Gasteiger partial charge < -0.3 is 10.2 Å². The van der Waals surface area contributed by atoms with Crippen LogP contribution >= 0.6 is 24.0 Å². The molecule has 3 N–H and O–H groups in total. The predicted octanol–water partition coefficient (Wildman–Crippen LogP) is 2.32. The van der Waals surface area contributed by atoms with Gasteiger partial charge in [0, 0.05) is 20.1 Å². The van der Waals surface area contributed by atoms with Gasteiger partial charge in [-0.3, -0.25) is 0 Å². The van der Waals surface area contributed by atoms with Gasteiger partial charge in [-0.25, -0.2) is 18.5 Å². The molecule has 1 aromatic rings. The number of benzene rings is 1. The number of primary sulfonamides is 1. The van der Waals surface area contributed by atoms with Crippen molar-refractivity contribution in [1.82, 2.24) is 10.2 Å². The molecule has 0 heterocycles. The fourth-order valence-electron chi connectivity index (χ4n) is 2.00. The number of nitrogens with zero attached hydrogens (tertiary/aromatic N) is 2. The number of nitrogens with two attached hydrogens (primary N) is 1. The van der Waals surface area contributed by atoms with Gasteiger partial charge in [0.2, 0.25) is 10.0 Å². The molecule has 24 heavy (non-hydrogen) atoms. The Morgan fingerprint density at radius 3 is 2.50 bits per heavy atom. The number of guanidine groups is 1. The number of aliphatic imine (C=N–C) groups is 1. The number of halogens is 1. The van der Waals surface area contributed by atoms with E-state index in [4.69, 9.17) is 5.14 Å². The molecule has 0 aliphatic carbocycles. The molecular weight excluding hydrogens is 439 g/mol. The van der Waals surface area contributed by atoms with Gasteiger partial charge in [0.15, 0.2) is 5.96 Å². The number of rotatable bonds is 8. The summed E-state index contributed by atoms with van der Waals surface area (Å²) in [6, 6.07) is 6.46. The maximum atomic E-state index is 11.2. The highest BCUT2D eigenvalue weighted by molar-refractivity contribution is 14.0. The quantitative estimate of drug-likeness (QED) is 0.202. The van der Waals surface area contributed by atoms with Crippen molar-refractivity contribution in [3.05, 3.63) is 42.5 Å². The summed E-state index contributed by atoms with van der Waals surface area (Å²) in [5, 5.41) is 8.34.